The number of benzene rings is 1. The summed E-state index contributed by atoms with van der Waals surface area (Å²) in [7, 11) is 0. The van der Waals surface area contributed by atoms with Crippen LogP contribution < -0.4 is 9.47 Å². The lowest BCUT2D eigenvalue weighted by Gasteiger charge is -2.39. The quantitative estimate of drug-likeness (QED) is 0.573. The topological polar surface area (TPSA) is 77.8 Å². The van der Waals surface area contributed by atoms with Gasteiger partial charge in [0, 0.05) is 39.3 Å². The molecule has 0 bridgehead atoms. The summed E-state index contributed by atoms with van der Waals surface area (Å²) in [6.45, 7) is 11.5. The molecule has 0 amide bonds. The number of tetrazole rings is 1. The van der Waals surface area contributed by atoms with Crippen molar-refractivity contribution < 1.29 is 14.2 Å². The van der Waals surface area contributed by atoms with Crippen molar-refractivity contribution in [1.29, 1.82) is 0 Å². The number of aromatic nitrogens is 4. The zero-order valence-corrected chi connectivity index (χ0v) is 20.4. The van der Waals surface area contributed by atoms with E-state index in [9.17, 15) is 0 Å². The van der Waals surface area contributed by atoms with Gasteiger partial charge in [0.05, 0.1) is 18.7 Å². The summed E-state index contributed by atoms with van der Waals surface area (Å²) in [5.74, 6) is 3.25. The Balaban J connectivity index is 0.00000259. The van der Waals surface area contributed by atoms with Crippen molar-refractivity contribution in [1.82, 2.24) is 30.0 Å². The van der Waals surface area contributed by atoms with E-state index >= 15 is 0 Å². The number of fused-ring (bicyclic) bond motifs is 1. The predicted molar refractivity (Wildman–Crippen MR) is 126 cm³/mol. The molecule has 0 aliphatic carbocycles. The lowest BCUT2D eigenvalue weighted by molar-refractivity contribution is 0.0697. The van der Waals surface area contributed by atoms with E-state index in [4.69, 9.17) is 14.2 Å². The van der Waals surface area contributed by atoms with Crippen LogP contribution in [0.25, 0.3) is 0 Å². The third-order valence-corrected chi connectivity index (χ3v) is 6.64. The van der Waals surface area contributed by atoms with Crippen LogP contribution in [0.15, 0.2) is 18.2 Å². The molecule has 2 saturated heterocycles. The van der Waals surface area contributed by atoms with Crippen molar-refractivity contribution >= 4 is 12.4 Å². The third kappa shape index (κ3) is 5.77. The first kappa shape index (κ1) is 24.2. The minimum Gasteiger partial charge on any atom is -0.454 e. The highest BCUT2D eigenvalue weighted by atomic mass is 35.5. The molecule has 0 saturated carbocycles. The van der Waals surface area contributed by atoms with E-state index < -0.39 is 0 Å². The van der Waals surface area contributed by atoms with E-state index in [1.54, 1.807) is 0 Å². The van der Waals surface area contributed by atoms with E-state index in [1.807, 2.05) is 10.7 Å². The summed E-state index contributed by atoms with van der Waals surface area (Å²) < 4.78 is 18.8. The van der Waals surface area contributed by atoms with Gasteiger partial charge in [-0.2, -0.15) is 0 Å². The molecule has 0 N–H and O–H groups in total. The SMILES string of the molecule is CC(C)CC(c1nnnn1CC1CCCO1)N1CCN(Cc2ccc3c(c2)OCO3)CC1.Cl. The van der Waals surface area contributed by atoms with Gasteiger partial charge >= 0.3 is 0 Å². The smallest absolute Gasteiger partial charge is 0.231 e. The van der Waals surface area contributed by atoms with Gasteiger partial charge in [-0.25, -0.2) is 4.68 Å². The highest BCUT2D eigenvalue weighted by molar-refractivity contribution is 5.85. The monoisotopic (exact) mass is 478 g/mol. The first-order chi connectivity index (χ1) is 15.7. The molecule has 2 fully saturated rings. The van der Waals surface area contributed by atoms with Crippen LogP contribution in [0.3, 0.4) is 0 Å². The van der Waals surface area contributed by atoms with E-state index in [1.165, 1.54) is 5.56 Å². The molecule has 3 aliphatic rings. The largest absolute Gasteiger partial charge is 0.454 e. The highest BCUT2D eigenvalue weighted by Gasteiger charge is 2.31. The van der Waals surface area contributed by atoms with Crippen LogP contribution >= 0.6 is 12.4 Å². The summed E-state index contributed by atoms with van der Waals surface area (Å²) >= 11 is 0. The Bertz CT molecular complexity index is 896. The average Bonchev–Trinajstić information content (AvgIpc) is 3.55. The van der Waals surface area contributed by atoms with E-state index in [-0.39, 0.29) is 24.6 Å². The van der Waals surface area contributed by atoms with E-state index in [2.05, 4.69) is 51.3 Å². The molecule has 2 unspecified atom stereocenters. The maximum atomic E-state index is 5.83. The molecule has 0 spiro atoms. The molecular formula is C23H35ClN6O3. The number of halogens is 1. The van der Waals surface area contributed by atoms with Gasteiger partial charge in [0.2, 0.25) is 6.79 Å². The van der Waals surface area contributed by atoms with Crippen LogP contribution in [-0.4, -0.2) is 75.7 Å². The van der Waals surface area contributed by atoms with Crippen LogP contribution in [0.2, 0.25) is 0 Å². The number of nitrogens with zero attached hydrogens (tertiary/aromatic N) is 6. The maximum absolute atomic E-state index is 5.83. The number of ether oxygens (including phenoxy) is 3. The molecule has 1 aromatic heterocycles. The standard InChI is InChI=1S/C23H34N6O3.ClH/c1-17(2)12-20(23-24-25-26-29(23)15-19-4-3-11-30-19)28-9-7-27(8-10-28)14-18-5-6-21-22(13-18)32-16-31-21;/h5-6,13,17,19-20H,3-4,7-12,14-16H2,1-2H3;1H. The van der Waals surface area contributed by atoms with Crippen molar-refractivity contribution in [3.05, 3.63) is 29.6 Å². The van der Waals surface area contributed by atoms with Crippen molar-refractivity contribution in [2.75, 3.05) is 39.6 Å². The fraction of sp³-hybridized carbons (Fsp3) is 0.696. The Morgan fingerprint density at radius 2 is 1.91 bits per heavy atom. The molecular weight excluding hydrogens is 444 g/mol. The zero-order valence-electron chi connectivity index (χ0n) is 19.6. The lowest BCUT2D eigenvalue weighted by atomic mass is 10.0. The Morgan fingerprint density at radius 1 is 1.09 bits per heavy atom. The van der Waals surface area contributed by atoms with Gasteiger partial charge in [-0.1, -0.05) is 19.9 Å². The van der Waals surface area contributed by atoms with Crippen molar-refractivity contribution in [3.63, 3.8) is 0 Å². The second kappa shape index (κ2) is 11.0. The van der Waals surface area contributed by atoms with Crippen molar-refractivity contribution in [2.24, 2.45) is 5.92 Å². The molecule has 2 aromatic rings. The van der Waals surface area contributed by atoms with Crippen LogP contribution in [0, 0.1) is 5.92 Å². The van der Waals surface area contributed by atoms with Gasteiger partial charge in [-0.05, 0) is 53.3 Å². The van der Waals surface area contributed by atoms with Gasteiger partial charge in [-0.15, -0.1) is 17.5 Å². The Labute approximate surface area is 201 Å². The predicted octanol–water partition coefficient (Wildman–Crippen LogP) is 2.91. The molecule has 4 heterocycles. The molecule has 3 aliphatic heterocycles. The summed E-state index contributed by atoms with van der Waals surface area (Å²) in [6, 6.07) is 6.50. The molecule has 182 valence electrons. The lowest BCUT2D eigenvalue weighted by Crippen LogP contribution is -2.48. The Morgan fingerprint density at radius 3 is 2.67 bits per heavy atom. The van der Waals surface area contributed by atoms with Crippen LogP contribution in [0.5, 0.6) is 11.5 Å². The van der Waals surface area contributed by atoms with Crippen LogP contribution in [0.4, 0.5) is 0 Å². The molecule has 10 heteroatoms. The molecule has 0 radical (unpaired) electrons. The normalized spacial score (nSPS) is 22.0. The van der Waals surface area contributed by atoms with Crippen molar-refractivity contribution in [2.45, 2.75) is 58.3 Å². The Kier molecular flexibility index (Phi) is 8.06. The highest BCUT2D eigenvalue weighted by Crippen LogP contribution is 2.33. The van der Waals surface area contributed by atoms with E-state index in [0.29, 0.717) is 12.7 Å². The van der Waals surface area contributed by atoms with Crippen molar-refractivity contribution in [3.8, 4) is 11.5 Å². The fourth-order valence-corrected chi connectivity index (χ4v) is 4.96. The number of rotatable bonds is 8. The van der Waals surface area contributed by atoms with Gasteiger partial charge in [0.25, 0.3) is 0 Å². The molecule has 1 aromatic carbocycles. The van der Waals surface area contributed by atoms with Gasteiger partial charge in [-0.3, -0.25) is 9.80 Å². The Hall–Kier alpha value is -1.94. The second-order valence-corrected chi connectivity index (χ2v) is 9.50. The molecule has 5 rings (SSSR count). The summed E-state index contributed by atoms with van der Waals surface area (Å²) in [5, 5.41) is 12.8. The van der Waals surface area contributed by atoms with Crippen LogP contribution in [-0.2, 0) is 17.8 Å². The summed E-state index contributed by atoms with van der Waals surface area (Å²) in [4.78, 5) is 5.07. The van der Waals surface area contributed by atoms with Gasteiger partial charge in [0.15, 0.2) is 17.3 Å². The molecule has 9 nitrogen and oxygen atoms in total. The van der Waals surface area contributed by atoms with Gasteiger partial charge in [0.1, 0.15) is 0 Å². The third-order valence-electron chi connectivity index (χ3n) is 6.64. The second-order valence-electron chi connectivity index (χ2n) is 9.50. The summed E-state index contributed by atoms with van der Waals surface area (Å²) in [6.07, 6.45) is 3.50. The zero-order chi connectivity index (χ0) is 21.9. The minimum atomic E-state index is 0. The summed E-state index contributed by atoms with van der Waals surface area (Å²) in [5.41, 5.74) is 1.27. The first-order valence-electron chi connectivity index (χ1n) is 11.9. The number of piperazine rings is 1. The van der Waals surface area contributed by atoms with Gasteiger partial charge < -0.3 is 14.2 Å². The fourth-order valence-electron chi connectivity index (χ4n) is 4.96. The molecule has 2 atom stereocenters. The average molecular weight is 479 g/mol. The number of hydrogen-bond acceptors (Lipinski definition) is 8. The minimum absolute atomic E-state index is 0. The van der Waals surface area contributed by atoms with Crippen LogP contribution in [0.1, 0.15) is 50.5 Å². The number of hydrogen-bond donors (Lipinski definition) is 0. The first-order valence-corrected chi connectivity index (χ1v) is 11.9. The van der Waals surface area contributed by atoms with E-state index in [0.717, 1.165) is 82.5 Å². The molecule has 33 heavy (non-hydrogen) atoms. The maximum Gasteiger partial charge on any atom is 0.231 e.